The zero-order valence-corrected chi connectivity index (χ0v) is 8.44. The normalized spacial score (nSPS) is 14.4. The maximum Gasteiger partial charge on any atom is 0.573 e. The molecule has 0 unspecified atom stereocenters. The molecular weight excluding hydrogens is 271 g/mol. The van der Waals surface area contributed by atoms with Crippen LogP contribution in [0.5, 0.6) is 5.75 Å². The van der Waals surface area contributed by atoms with E-state index in [1.807, 2.05) is 0 Å². The number of benzene rings is 1. The average molecular weight is 277 g/mol. The lowest BCUT2D eigenvalue weighted by Gasteiger charge is -2.17. The van der Waals surface area contributed by atoms with Gasteiger partial charge in [0.15, 0.2) is 0 Å². The smallest absolute Gasteiger partial charge is 0.406 e. The minimum Gasteiger partial charge on any atom is -0.406 e. The van der Waals surface area contributed by atoms with Crippen molar-refractivity contribution in [2.45, 2.75) is 18.6 Å². The highest BCUT2D eigenvalue weighted by molar-refractivity contribution is 5.32. The second-order valence-corrected chi connectivity index (χ2v) is 3.25. The molecule has 9 heteroatoms. The fourth-order valence-electron chi connectivity index (χ4n) is 1.13. The van der Waals surface area contributed by atoms with Gasteiger partial charge in [0.1, 0.15) is 17.6 Å². The standard InChI is InChI=1S/C9H6F7NO/c10-6-2-1-4(18-9(14,15)16)3-5(6)7(17)8(11,12)13/h1-3,7H,17H2/t7-/m1/s1. The minimum atomic E-state index is -5.09. The largest absolute Gasteiger partial charge is 0.573 e. The maximum atomic E-state index is 13.1. The quantitative estimate of drug-likeness (QED) is 0.842. The first-order valence-electron chi connectivity index (χ1n) is 4.38. The Balaban J connectivity index is 3.09. The summed E-state index contributed by atoms with van der Waals surface area (Å²) in [7, 11) is 0. The lowest BCUT2D eigenvalue weighted by Crippen LogP contribution is -2.29. The molecule has 0 fully saturated rings. The van der Waals surface area contributed by atoms with Gasteiger partial charge in [0.25, 0.3) is 0 Å². The molecule has 2 nitrogen and oxygen atoms in total. The molecule has 0 aliphatic carbocycles. The summed E-state index contributed by atoms with van der Waals surface area (Å²) in [5.41, 5.74) is 3.58. The van der Waals surface area contributed by atoms with Crippen LogP contribution in [0.4, 0.5) is 30.7 Å². The topological polar surface area (TPSA) is 35.2 Å². The summed E-state index contributed by atoms with van der Waals surface area (Å²) in [4.78, 5) is 0. The van der Waals surface area contributed by atoms with Gasteiger partial charge in [0.2, 0.25) is 0 Å². The summed E-state index contributed by atoms with van der Waals surface area (Å²) in [6.07, 6.45) is -10.1. The van der Waals surface area contributed by atoms with Gasteiger partial charge in [-0.15, -0.1) is 13.2 Å². The van der Waals surface area contributed by atoms with E-state index in [0.717, 1.165) is 0 Å². The first kappa shape index (κ1) is 14.6. The molecule has 1 atom stereocenters. The molecule has 0 aromatic heterocycles. The Morgan fingerprint density at radius 3 is 2.06 bits per heavy atom. The van der Waals surface area contributed by atoms with E-state index in [-0.39, 0.29) is 6.07 Å². The molecule has 0 amide bonds. The zero-order chi connectivity index (χ0) is 14.1. The molecule has 0 saturated heterocycles. The maximum absolute atomic E-state index is 13.1. The Labute approximate surface area is 96.1 Å². The summed E-state index contributed by atoms with van der Waals surface area (Å²) in [5, 5.41) is 0. The van der Waals surface area contributed by atoms with Crippen LogP contribution < -0.4 is 10.5 Å². The van der Waals surface area contributed by atoms with Gasteiger partial charge >= 0.3 is 12.5 Å². The van der Waals surface area contributed by atoms with E-state index in [1.54, 1.807) is 0 Å². The van der Waals surface area contributed by atoms with Crippen LogP contribution in [0.2, 0.25) is 0 Å². The van der Waals surface area contributed by atoms with Crippen molar-refractivity contribution in [2.75, 3.05) is 0 Å². The van der Waals surface area contributed by atoms with Crippen LogP contribution in [0.1, 0.15) is 11.6 Å². The van der Waals surface area contributed by atoms with Crippen LogP contribution in [0.3, 0.4) is 0 Å². The molecule has 1 aromatic rings. The summed E-state index contributed by atoms with van der Waals surface area (Å²) >= 11 is 0. The third-order valence-corrected chi connectivity index (χ3v) is 1.89. The molecule has 0 heterocycles. The third kappa shape index (κ3) is 3.76. The Kier molecular flexibility index (Phi) is 3.75. The van der Waals surface area contributed by atoms with Crippen molar-refractivity contribution in [1.29, 1.82) is 0 Å². The highest BCUT2D eigenvalue weighted by atomic mass is 19.4. The molecule has 0 radical (unpaired) electrons. The van der Waals surface area contributed by atoms with Gasteiger partial charge in [-0.05, 0) is 18.2 Å². The molecule has 0 saturated carbocycles. The summed E-state index contributed by atoms with van der Waals surface area (Å²) in [6, 6.07) is -1.49. The number of hydrogen-bond acceptors (Lipinski definition) is 2. The van der Waals surface area contributed by atoms with Crippen molar-refractivity contribution in [1.82, 2.24) is 0 Å². The van der Waals surface area contributed by atoms with Crippen molar-refractivity contribution in [3.8, 4) is 5.75 Å². The Hall–Kier alpha value is -1.51. The first-order chi connectivity index (χ1) is 8.00. The molecule has 1 aromatic carbocycles. The van der Waals surface area contributed by atoms with Crippen molar-refractivity contribution in [2.24, 2.45) is 5.73 Å². The van der Waals surface area contributed by atoms with E-state index in [4.69, 9.17) is 5.73 Å². The predicted molar refractivity (Wildman–Crippen MR) is 46.1 cm³/mol. The van der Waals surface area contributed by atoms with Crippen LogP contribution in [0.25, 0.3) is 0 Å². The van der Waals surface area contributed by atoms with Gasteiger partial charge in [-0.1, -0.05) is 0 Å². The van der Waals surface area contributed by atoms with E-state index >= 15 is 0 Å². The van der Waals surface area contributed by atoms with Gasteiger partial charge in [-0.25, -0.2) is 4.39 Å². The Bertz CT molecular complexity index is 426. The van der Waals surface area contributed by atoms with E-state index in [2.05, 4.69) is 4.74 Å². The van der Waals surface area contributed by atoms with E-state index in [0.29, 0.717) is 12.1 Å². The first-order valence-corrected chi connectivity index (χ1v) is 4.38. The van der Waals surface area contributed by atoms with Gasteiger partial charge < -0.3 is 10.5 Å². The number of rotatable bonds is 2. The molecule has 102 valence electrons. The molecule has 18 heavy (non-hydrogen) atoms. The van der Waals surface area contributed by atoms with Crippen LogP contribution in [0.15, 0.2) is 18.2 Å². The SMILES string of the molecule is N[C@H](c1cc(OC(F)(F)F)ccc1F)C(F)(F)F. The van der Waals surface area contributed by atoms with Crippen molar-refractivity contribution in [3.05, 3.63) is 29.6 Å². The minimum absolute atomic E-state index is 0.265. The van der Waals surface area contributed by atoms with Gasteiger partial charge in [-0.3, -0.25) is 0 Å². The molecule has 1 rings (SSSR count). The average Bonchev–Trinajstić information content (AvgIpc) is 2.16. The molecule has 0 aliphatic heterocycles. The van der Waals surface area contributed by atoms with E-state index in [9.17, 15) is 30.7 Å². The summed E-state index contributed by atoms with van der Waals surface area (Å²) in [5.74, 6) is -2.34. The number of nitrogens with two attached hydrogens (primary N) is 1. The van der Waals surface area contributed by atoms with Crippen molar-refractivity contribution in [3.63, 3.8) is 0 Å². The Morgan fingerprint density at radius 1 is 1.06 bits per heavy atom. The van der Waals surface area contributed by atoms with Crippen LogP contribution in [-0.4, -0.2) is 12.5 Å². The number of ether oxygens (including phenoxy) is 1. The van der Waals surface area contributed by atoms with Gasteiger partial charge in [-0.2, -0.15) is 13.2 Å². The molecule has 0 aliphatic rings. The Morgan fingerprint density at radius 2 is 1.61 bits per heavy atom. The lowest BCUT2D eigenvalue weighted by molar-refractivity contribution is -0.274. The predicted octanol–water partition coefficient (Wildman–Crippen LogP) is 3.29. The number of hydrogen-bond donors (Lipinski definition) is 1. The van der Waals surface area contributed by atoms with Gasteiger partial charge in [0.05, 0.1) is 0 Å². The second kappa shape index (κ2) is 4.63. The van der Waals surface area contributed by atoms with Crippen LogP contribution in [-0.2, 0) is 0 Å². The molecule has 0 bridgehead atoms. The highest BCUT2D eigenvalue weighted by Crippen LogP contribution is 2.34. The van der Waals surface area contributed by atoms with E-state index < -0.39 is 35.7 Å². The van der Waals surface area contributed by atoms with Crippen molar-refractivity contribution < 1.29 is 35.5 Å². The summed E-state index contributed by atoms with van der Waals surface area (Å²) < 4.78 is 88.6. The molecular formula is C9H6F7NO. The van der Waals surface area contributed by atoms with Crippen LogP contribution in [0, 0.1) is 5.82 Å². The van der Waals surface area contributed by atoms with Crippen LogP contribution >= 0.6 is 0 Å². The lowest BCUT2D eigenvalue weighted by atomic mass is 10.1. The number of halogens is 7. The highest BCUT2D eigenvalue weighted by Gasteiger charge is 2.40. The fourth-order valence-corrected chi connectivity index (χ4v) is 1.13. The third-order valence-electron chi connectivity index (χ3n) is 1.89. The monoisotopic (exact) mass is 277 g/mol. The molecule has 2 N–H and O–H groups in total. The zero-order valence-electron chi connectivity index (χ0n) is 8.44. The fraction of sp³-hybridized carbons (Fsp3) is 0.333. The number of alkyl halides is 6. The second-order valence-electron chi connectivity index (χ2n) is 3.25. The van der Waals surface area contributed by atoms with Crippen molar-refractivity contribution >= 4 is 0 Å². The summed E-state index contributed by atoms with van der Waals surface area (Å²) in [6.45, 7) is 0. The molecule has 0 spiro atoms. The van der Waals surface area contributed by atoms with Gasteiger partial charge in [0, 0.05) is 5.56 Å². The van der Waals surface area contributed by atoms with E-state index in [1.165, 1.54) is 0 Å².